The Bertz CT molecular complexity index is 517. The van der Waals surface area contributed by atoms with Gasteiger partial charge in [0.25, 0.3) is 0 Å². The fourth-order valence-electron chi connectivity index (χ4n) is 1.82. The summed E-state index contributed by atoms with van der Waals surface area (Å²) in [5.74, 6) is 0.707. The van der Waals surface area contributed by atoms with E-state index in [0.29, 0.717) is 10.8 Å². The molecule has 0 atom stereocenters. The number of aromatic nitrogens is 1. The average Bonchev–Trinajstić information content (AvgIpc) is 2.45. The second-order valence-corrected chi connectivity index (χ2v) is 4.62. The summed E-state index contributed by atoms with van der Waals surface area (Å²) >= 11 is 6.08. The van der Waals surface area contributed by atoms with Gasteiger partial charge in [-0.05, 0) is 29.8 Å². The number of pyridine rings is 1. The minimum atomic E-state index is 0.645. The summed E-state index contributed by atoms with van der Waals surface area (Å²) in [6, 6.07) is 11.8. The van der Waals surface area contributed by atoms with Crippen molar-refractivity contribution in [3.63, 3.8) is 0 Å². The molecule has 19 heavy (non-hydrogen) atoms. The fraction of sp³-hybridized carbons (Fsp3) is 0.267. The van der Waals surface area contributed by atoms with Crippen LogP contribution in [-0.4, -0.2) is 18.6 Å². The van der Waals surface area contributed by atoms with Gasteiger partial charge in [-0.15, -0.1) is 0 Å². The van der Waals surface area contributed by atoms with Gasteiger partial charge in [0.15, 0.2) is 0 Å². The third-order valence-electron chi connectivity index (χ3n) is 2.83. The smallest absolute Gasteiger partial charge is 0.137 e. The highest BCUT2D eigenvalue weighted by Crippen LogP contribution is 2.24. The lowest BCUT2D eigenvalue weighted by molar-refractivity contribution is 0.415. The van der Waals surface area contributed by atoms with Crippen LogP contribution in [0.3, 0.4) is 0 Å². The molecule has 0 unspecified atom stereocenters. The van der Waals surface area contributed by atoms with E-state index in [-0.39, 0.29) is 0 Å². The van der Waals surface area contributed by atoms with E-state index in [0.717, 1.165) is 30.8 Å². The van der Waals surface area contributed by atoms with Crippen molar-refractivity contribution in [2.75, 3.05) is 13.7 Å². The predicted molar refractivity (Wildman–Crippen MR) is 77.7 cm³/mol. The van der Waals surface area contributed by atoms with Gasteiger partial charge in [-0.3, -0.25) is 4.98 Å². The molecule has 0 spiro atoms. The molecule has 1 N–H and O–H groups in total. The molecule has 0 fully saturated rings. The van der Waals surface area contributed by atoms with Crippen LogP contribution in [-0.2, 0) is 13.0 Å². The summed E-state index contributed by atoms with van der Waals surface area (Å²) in [6.45, 7) is 1.68. The van der Waals surface area contributed by atoms with Gasteiger partial charge in [-0.1, -0.05) is 23.7 Å². The van der Waals surface area contributed by atoms with Crippen LogP contribution in [0.2, 0.25) is 5.02 Å². The lowest BCUT2D eigenvalue weighted by Gasteiger charge is -2.07. The maximum atomic E-state index is 6.08. The molecule has 100 valence electrons. The number of hydrogen-bond acceptors (Lipinski definition) is 3. The zero-order valence-electron chi connectivity index (χ0n) is 10.9. The molecule has 1 heterocycles. The Morgan fingerprint density at radius 1 is 1.26 bits per heavy atom. The van der Waals surface area contributed by atoms with Gasteiger partial charge in [0.2, 0.25) is 0 Å². The molecule has 1 aromatic carbocycles. The molecule has 0 bridgehead atoms. The first-order valence-corrected chi connectivity index (χ1v) is 6.60. The van der Waals surface area contributed by atoms with Crippen LogP contribution in [0.5, 0.6) is 5.75 Å². The second-order valence-electron chi connectivity index (χ2n) is 4.22. The van der Waals surface area contributed by atoms with Crippen LogP contribution in [0.25, 0.3) is 0 Å². The Balaban J connectivity index is 1.78. The number of methoxy groups -OCH3 is 1. The average molecular weight is 277 g/mol. The van der Waals surface area contributed by atoms with Crippen molar-refractivity contribution in [2.24, 2.45) is 0 Å². The topological polar surface area (TPSA) is 34.1 Å². The Morgan fingerprint density at radius 3 is 2.84 bits per heavy atom. The van der Waals surface area contributed by atoms with E-state index >= 15 is 0 Å². The lowest BCUT2D eigenvalue weighted by atomic mass is 10.2. The molecule has 2 aromatic rings. The lowest BCUT2D eigenvalue weighted by Crippen LogP contribution is -2.17. The van der Waals surface area contributed by atoms with E-state index in [1.54, 1.807) is 7.11 Å². The van der Waals surface area contributed by atoms with Crippen LogP contribution in [0.4, 0.5) is 0 Å². The van der Waals surface area contributed by atoms with Crippen molar-refractivity contribution < 1.29 is 4.74 Å². The first-order chi connectivity index (χ1) is 9.29. The summed E-state index contributed by atoms with van der Waals surface area (Å²) in [6.07, 6.45) is 2.74. The van der Waals surface area contributed by atoms with E-state index in [4.69, 9.17) is 16.3 Å². The van der Waals surface area contributed by atoms with Gasteiger partial charge >= 0.3 is 0 Å². The van der Waals surface area contributed by atoms with Crippen LogP contribution < -0.4 is 10.1 Å². The molecule has 0 amide bonds. The molecule has 0 saturated heterocycles. The SMILES string of the molecule is COc1ccc(CNCCc2ccccn2)cc1Cl. The zero-order valence-corrected chi connectivity index (χ0v) is 11.7. The van der Waals surface area contributed by atoms with Crippen LogP contribution in [0.15, 0.2) is 42.6 Å². The molecule has 0 aliphatic rings. The molecule has 2 rings (SSSR count). The predicted octanol–water partition coefficient (Wildman–Crippen LogP) is 3.08. The van der Waals surface area contributed by atoms with Crippen molar-refractivity contribution in [1.29, 1.82) is 0 Å². The van der Waals surface area contributed by atoms with Gasteiger partial charge in [0.05, 0.1) is 12.1 Å². The van der Waals surface area contributed by atoms with Crippen molar-refractivity contribution in [3.05, 3.63) is 58.9 Å². The molecular formula is C15H17ClN2O. The normalized spacial score (nSPS) is 10.4. The summed E-state index contributed by atoms with van der Waals surface area (Å²) in [4.78, 5) is 4.28. The molecule has 4 heteroatoms. The van der Waals surface area contributed by atoms with E-state index in [1.807, 2.05) is 42.6 Å². The van der Waals surface area contributed by atoms with E-state index in [9.17, 15) is 0 Å². The zero-order chi connectivity index (χ0) is 13.5. The van der Waals surface area contributed by atoms with E-state index in [1.165, 1.54) is 0 Å². The molecule has 0 aliphatic heterocycles. The van der Waals surface area contributed by atoms with Gasteiger partial charge in [-0.25, -0.2) is 0 Å². The summed E-state index contributed by atoms with van der Waals surface area (Å²) in [5, 5.41) is 4.02. The number of benzene rings is 1. The number of nitrogens with one attached hydrogen (secondary N) is 1. The van der Waals surface area contributed by atoms with Crippen molar-refractivity contribution in [1.82, 2.24) is 10.3 Å². The van der Waals surface area contributed by atoms with Gasteiger partial charge < -0.3 is 10.1 Å². The molecular weight excluding hydrogens is 260 g/mol. The summed E-state index contributed by atoms with van der Waals surface area (Å²) in [7, 11) is 1.62. The number of halogens is 1. The Hall–Kier alpha value is -1.58. The number of nitrogens with zero attached hydrogens (tertiary/aromatic N) is 1. The minimum Gasteiger partial charge on any atom is -0.495 e. The molecule has 0 saturated carbocycles. The van der Waals surface area contributed by atoms with Crippen LogP contribution in [0.1, 0.15) is 11.3 Å². The van der Waals surface area contributed by atoms with Crippen molar-refractivity contribution in [2.45, 2.75) is 13.0 Å². The van der Waals surface area contributed by atoms with Crippen molar-refractivity contribution in [3.8, 4) is 5.75 Å². The Kier molecular flexibility index (Phi) is 5.19. The number of ether oxygens (including phenoxy) is 1. The molecule has 0 aliphatic carbocycles. The number of hydrogen-bond donors (Lipinski definition) is 1. The monoisotopic (exact) mass is 276 g/mol. The maximum absolute atomic E-state index is 6.08. The standard InChI is InChI=1S/C15H17ClN2O/c1-19-15-6-5-12(10-14(15)16)11-17-9-7-13-4-2-3-8-18-13/h2-6,8,10,17H,7,9,11H2,1H3. The van der Waals surface area contributed by atoms with E-state index < -0.39 is 0 Å². The van der Waals surface area contributed by atoms with E-state index in [2.05, 4.69) is 10.3 Å². The highest BCUT2D eigenvalue weighted by molar-refractivity contribution is 6.32. The number of rotatable bonds is 6. The van der Waals surface area contributed by atoms with Gasteiger partial charge in [0.1, 0.15) is 5.75 Å². The maximum Gasteiger partial charge on any atom is 0.137 e. The molecule has 0 radical (unpaired) electrons. The quantitative estimate of drug-likeness (QED) is 0.824. The third-order valence-corrected chi connectivity index (χ3v) is 3.12. The van der Waals surface area contributed by atoms with Crippen LogP contribution in [0, 0.1) is 0 Å². The Morgan fingerprint density at radius 2 is 2.16 bits per heavy atom. The van der Waals surface area contributed by atoms with Crippen molar-refractivity contribution >= 4 is 11.6 Å². The fourth-order valence-corrected chi connectivity index (χ4v) is 2.10. The minimum absolute atomic E-state index is 0.645. The summed E-state index contributed by atoms with van der Waals surface area (Å²) in [5.41, 5.74) is 2.24. The first kappa shape index (κ1) is 13.8. The second kappa shape index (κ2) is 7.12. The third kappa shape index (κ3) is 4.23. The van der Waals surface area contributed by atoms with Gasteiger partial charge in [-0.2, -0.15) is 0 Å². The molecule has 1 aromatic heterocycles. The Labute approximate surface area is 118 Å². The first-order valence-electron chi connectivity index (χ1n) is 6.22. The highest BCUT2D eigenvalue weighted by Gasteiger charge is 2.01. The highest BCUT2D eigenvalue weighted by atomic mass is 35.5. The summed E-state index contributed by atoms with van der Waals surface area (Å²) < 4.78 is 5.12. The molecule has 3 nitrogen and oxygen atoms in total. The van der Waals surface area contributed by atoms with Crippen LogP contribution >= 0.6 is 11.6 Å². The van der Waals surface area contributed by atoms with Gasteiger partial charge in [0, 0.05) is 31.4 Å². The largest absolute Gasteiger partial charge is 0.495 e.